The molecule has 0 saturated heterocycles. The Morgan fingerprint density at radius 3 is 2.58 bits per heavy atom. The molecule has 5 heteroatoms. The molecule has 0 fully saturated rings. The van der Waals surface area contributed by atoms with Crippen LogP contribution in [-0.2, 0) is 6.42 Å². The monoisotopic (exact) mass is 433 g/mol. The Bertz CT molecular complexity index is 853. The molecule has 0 aliphatic rings. The lowest BCUT2D eigenvalue weighted by Crippen LogP contribution is -2.26. The normalized spacial score (nSPS) is 11.2. The number of hydrogen-bond donors (Lipinski definition) is 1. The summed E-state index contributed by atoms with van der Waals surface area (Å²) in [7, 11) is 0. The molecule has 3 aromatic rings. The second kappa shape index (κ2) is 7.34. The van der Waals surface area contributed by atoms with Crippen molar-refractivity contribution in [3.8, 4) is 0 Å². The summed E-state index contributed by atoms with van der Waals surface area (Å²) < 4.78 is 3.36. The lowest BCUT2D eigenvalue weighted by molar-refractivity contribution is 0.0954. The first-order chi connectivity index (χ1) is 11.6. The first-order valence-corrected chi connectivity index (χ1v) is 9.14. The summed E-state index contributed by atoms with van der Waals surface area (Å²) in [5.41, 5.74) is 2.84. The summed E-state index contributed by atoms with van der Waals surface area (Å²) in [5, 5.41) is 2.98. The molecule has 0 aliphatic carbocycles. The van der Waals surface area contributed by atoms with Crippen LogP contribution in [0.15, 0.2) is 48.5 Å². The van der Waals surface area contributed by atoms with Gasteiger partial charge in [-0.2, -0.15) is 0 Å². The number of halogens is 1. The van der Waals surface area contributed by atoms with Gasteiger partial charge in [-0.1, -0.05) is 12.1 Å². The molecule has 1 aromatic heterocycles. The van der Waals surface area contributed by atoms with Crippen molar-refractivity contribution in [3.63, 3.8) is 0 Å². The number of imidazole rings is 1. The topological polar surface area (TPSA) is 46.9 Å². The Hall–Kier alpha value is -1.89. The Labute approximate surface area is 155 Å². The maximum atomic E-state index is 12.2. The second-order valence-corrected chi connectivity index (χ2v) is 7.24. The van der Waals surface area contributed by atoms with E-state index >= 15 is 0 Å². The zero-order valence-electron chi connectivity index (χ0n) is 13.8. The summed E-state index contributed by atoms with van der Waals surface area (Å²) in [6, 6.07) is 16.1. The molecule has 2 aromatic carbocycles. The number of benzene rings is 2. The van der Waals surface area contributed by atoms with Gasteiger partial charge in [-0.3, -0.25) is 4.79 Å². The Morgan fingerprint density at radius 1 is 1.17 bits per heavy atom. The molecular formula is C19H20IN3O. The van der Waals surface area contributed by atoms with E-state index in [2.05, 4.69) is 52.4 Å². The van der Waals surface area contributed by atoms with Gasteiger partial charge in [0, 0.05) is 28.1 Å². The highest BCUT2D eigenvalue weighted by molar-refractivity contribution is 14.1. The average molecular weight is 433 g/mol. The summed E-state index contributed by atoms with van der Waals surface area (Å²) in [4.78, 5) is 16.9. The first kappa shape index (κ1) is 17.0. The molecule has 4 nitrogen and oxygen atoms in total. The molecule has 1 N–H and O–H groups in total. The van der Waals surface area contributed by atoms with Crippen molar-refractivity contribution in [1.82, 2.24) is 14.9 Å². The standard InChI is InChI=1S/C19H20IN3O/c1-13(2)23-17-6-4-3-5-16(17)22-18(23)11-12-21-19(24)14-7-9-15(20)10-8-14/h3-10,13H,11-12H2,1-2H3,(H,21,24). The second-order valence-electron chi connectivity index (χ2n) is 5.99. The van der Waals surface area contributed by atoms with Gasteiger partial charge in [-0.15, -0.1) is 0 Å². The molecule has 0 radical (unpaired) electrons. The zero-order valence-corrected chi connectivity index (χ0v) is 15.9. The van der Waals surface area contributed by atoms with Crippen LogP contribution in [0.5, 0.6) is 0 Å². The van der Waals surface area contributed by atoms with E-state index in [-0.39, 0.29) is 5.91 Å². The van der Waals surface area contributed by atoms with E-state index in [1.165, 1.54) is 0 Å². The highest BCUT2D eigenvalue weighted by atomic mass is 127. The van der Waals surface area contributed by atoms with Gasteiger partial charge >= 0.3 is 0 Å². The van der Waals surface area contributed by atoms with E-state index in [4.69, 9.17) is 4.98 Å². The Kier molecular flexibility index (Phi) is 5.18. The zero-order chi connectivity index (χ0) is 17.1. The van der Waals surface area contributed by atoms with Crippen LogP contribution in [0.2, 0.25) is 0 Å². The van der Waals surface area contributed by atoms with E-state index < -0.39 is 0 Å². The van der Waals surface area contributed by atoms with Crippen molar-refractivity contribution >= 4 is 39.5 Å². The van der Waals surface area contributed by atoms with Gasteiger partial charge < -0.3 is 9.88 Å². The van der Waals surface area contributed by atoms with Gasteiger partial charge in [0.1, 0.15) is 5.82 Å². The lowest BCUT2D eigenvalue weighted by Gasteiger charge is -2.13. The third-order valence-electron chi connectivity index (χ3n) is 3.93. The fourth-order valence-electron chi connectivity index (χ4n) is 2.84. The number of carbonyl (C=O) groups excluding carboxylic acids is 1. The van der Waals surface area contributed by atoms with E-state index in [0.29, 0.717) is 24.6 Å². The Balaban J connectivity index is 1.70. The molecule has 0 bridgehead atoms. The number of rotatable bonds is 5. The molecule has 0 aliphatic heterocycles. The van der Waals surface area contributed by atoms with Gasteiger partial charge in [-0.25, -0.2) is 4.98 Å². The molecule has 0 atom stereocenters. The van der Waals surface area contributed by atoms with E-state index in [1.54, 1.807) is 0 Å². The minimum absolute atomic E-state index is 0.0430. The highest BCUT2D eigenvalue weighted by Gasteiger charge is 2.13. The fraction of sp³-hybridized carbons (Fsp3) is 0.263. The van der Waals surface area contributed by atoms with E-state index in [0.717, 1.165) is 20.4 Å². The van der Waals surface area contributed by atoms with Gasteiger partial charge in [0.2, 0.25) is 0 Å². The molecule has 3 rings (SSSR count). The number of amides is 1. The third-order valence-corrected chi connectivity index (χ3v) is 4.64. The smallest absolute Gasteiger partial charge is 0.251 e. The molecule has 1 heterocycles. The van der Waals surface area contributed by atoms with Crippen molar-refractivity contribution in [3.05, 3.63) is 63.5 Å². The van der Waals surface area contributed by atoms with Crippen LogP contribution in [0, 0.1) is 3.57 Å². The van der Waals surface area contributed by atoms with Crippen molar-refractivity contribution < 1.29 is 4.79 Å². The van der Waals surface area contributed by atoms with Crippen molar-refractivity contribution in [2.45, 2.75) is 26.3 Å². The number of nitrogens with one attached hydrogen (secondary N) is 1. The highest BCUT2D eigenvalue weighted by Crippen LogP contribution is 2.21. The minimum atomic E-state index is -0.0430. The Morgan fingerprint density at radius 2 is 1.88 bits per heavy atom. The van der Waals surface area contributed by atoms with Crippen LogP contribution in [0.1, 0.15) is 36.1 Å². The summed E-state index contributed by atoms with van der Waals surface area (Å²) in [6.07, 6.45) is 0.711. The molecule has 24 heavy (non-hydrogen) atoms. The number of aromatic nitrogens is 2. The molecule has 1 amide bonds. The van der Waals surface area contributed by atoms with Gasteiger partial charge in [0.05, 0.1) is 11.0 Å². The van der Waals surface area contributed by atoms with Crippen LogP contribution in [-0.4, -0.2) is 22.0 Å². The number of carbonyl (C=O) groups is 1. The summed E-state index contributed by atoms with van der Waals surface area (Å²) >= 11 is 2.23. The van der Waals surface area contributed by atoms with Gasteiger partial charge in [0.25, 0.3) is 5.91 Å². The summed E-state index contributed by atoms with van der Waals surface area (Å²) in [5.74, 6) is 0.965. The predicted octanol–water partition coefficient (Wildman–Crippen LogP) is 4.19. The molecule has 0 unspecified atom stereocenters. The molecule has 0 saturated carbocycles. The molecular weight excluding hydrogens is 413 g/mol. The number of fused-ring (bicyclic) bond motifs is 1. The first-order valence-electron chi connectivity index (χ1n) is 8.06. The minimum Gasteiger partial charge on any atom is -0.352 e. The van der Waals surface area contributed by atoms with E-state index in [9.17, 15) is 4.79 Å². The van der Waals surface area contributed by atoms with Crippen molar-refractivity contribution in [2.24, 2.45) is 0 Å². The fourth-order valence-corrected chi connectivity index (χ4v) is 3.20. The van der Waals surface area contributed by atoms with Crippen LogP contribution in [0.25, 0.3) is 11.0 Å². The average Bonchev–Trinajstić information content (AvgIpc) is 2.93. The number of para-hydroxylation sites is 2. The van der Waals surface area contributed by atoms with Gasteiger partial charge in [0.15, 0.2) is 0 Å². The van der Waals surface area contributed by atoms with Crippen LogP contribution < -0.4 is 5.32 Å². The van der Waals surface area contributed by atoms with Crippen molar-refractivity contribution in [2.75, 3.05) is 6.54 Å². The quantitative estimate of drug-likeness (QED) is 0.614. The summed E-state index contributed by atoms with van der Waals surface area (Å²) in [6.45, 7) is 4.88. The molecule has 0 spiro atoms. The van der Waals surface area contributed by atoms with Crippen LogP contribution in [0.3, 0.4) is 0 Å². The number of nitrogens with zero attached hydrogens (tertiary/aromatic N) is 2. The SMILES string of the molecule is CC(C)n1c(CCNC(=O)c2ccc(I)cc2)nc2ccccc21. The number of hydrogen-bond acceptors (Lipinski definition) is 2. The maximum absolute atomic E-state index is 12.2. The van der Waals surface area contributed by atoms with Crippen LogP contribution in [0.4, 0.5) is 0 Å². The predicted molar refractivity (Wildman–Crippen MR) is 105 cm³/mol. The third kappa shape index (κ3) is 3.61. The van der Waals surface area contributed by atoms with Crippen LogP contribution >= 0.6 is 22.6 Å². The lowest BCUT2D eigenvalue weighted by atomic mass is 10.2. The van der Waals surface area contributed by atoms with E-state index in [1.807, 2.05) is 42.5 Å². The van der Waals surface area contributed by atoms with Crippen molar-refractivity contribution in [1.29, 1.82) is 0 Å². The van der Waals surface area contributed by atoms with Gasteiger partial charge in [-0.05, 0) is 72.8 Å². The largest absolute Gasteiger partial charge is 0.352 e. The maximum Gasteiger partial charge on any atom is 0.251 e. The molecule has 124 valence electrons.